The van der Waals surface area contributed by atoms with Crippen LogP contribution in [0.25, 0.3) is 0 Å². The Bertz CT molecular complexity index is 1700. The highest BCUT2D eigenvalue weighted by atomic mass is 16.5. The van der Waals surface area contributed by atoms with Gasteiger partial charge in [0.15, 0.2) is 0 Å². The first kappa shape index (κ1) is 59.5. The summed E-state index contributed by atoms with van der Waals surface area (Å²) in [7, 11) is 0. The van der Waals surface area contributed by atoms with Crippen molar-refractivity contribution in [3.8, 4) is 0 Å². The van der Waals surface area contributed by atoms with Crippen molar-refractivity contribution in [2.24, 2.45) is 117 Å². The summed E-state index contributed by atoms with van der Waals surface area (Å²) >= 11 is 0. The normalized spacial score (nSPS) is 48.7. The van der Waals surface area contributed by atoms with Gasteiger partial charge in [-0.1, -0.05) is 0 Å². The maximum Gasteiger partial charge on any atom is 0.0694 e. The highest BCUT2D eigenvalue weighted by molar-refractivity contribution is 5.05. The second-order valence-corrected chi connectivity index (χ2v) is 32.3. The number of fused-ring (bicyclic) bond motifs is 4. The zero-order valence-corrected chi connectivity index (χ0v) is 51.8. The van der Waals surface area contributed by atoms with Gasteiger partial charge in [0, 0.05) is 39.0 Å². The average molecular weight is 1090 g/mol. The molecule has 20 rings (SSSR count). The third kappa shape index (κ3) is 14.3. The molecule has 7 heteroatoms. The van der Waals surface area contributed by atoms with Crippen LogP contribution in [0, 0.1) is 117 Å². The summed E-state index contributed by atoms with van der Waals surface area (Å²) in [5, 5.41) is 9.54. The molecule has 7 atom stereocenters. The van der Waals surface area contributed by atoms with Gasteiger partial charge in [0.05, 0.1) is 49.3 Å². The Hall–Kier alpha value is -0.280. The van der Waals surface area contributed by atoms with Crippen LogP contribution in [0.5, 0.6) is 0 Å². The van der Waals surface area contributed by atoms with E-state index in [0.717, 1.165) is 153 Å². The fourth-order valence-electron chi connectivity index (χ4n) is 24.1. The molecule has 78 heavy (non-hydrogen) atoms. The summed E-state index contributed by atoms with van der Waals surface area (Å²) in [6.07, 6.45) is 45.5. The van der Waals surface area contributed by atoms with Crippen LogP contribution in [0.3, 0.4) is 0 Å². The molecule has 20 bridgehead atoms. The van der Waals surface area contributed by atoms with E-state index in [4.69, 9.17) is 28.4 Å². The van der Waals surface area contributed by atoms with Crippen LogP contribution >= 0.6 is 0 Å². The van der Waals surface area contributed by atoms with E-state index in [1.807, 2.05) is 6.92 Å². The van der Waals surface area contributed by atoms with E-state index in [0.29, 0.717) is 46.8 Å². The van der Waals surface area contributed by atoms with E-state index in [2.05, 4.69) is 48.5 Å². The molecular weight excluding hydrogens is 965 g/mol. The molecule has 7 unspecified atom stereocenters. The molecular formula is C71H122O7. The fraction of sp³-hybridized carbons (Fsp3) is 1.00. The predicted molar refractivity (Wildman–Crippen MR) is 316 cm³/mol. The lowest BCUT2D eigenvalue weighted by molar-refractivity contribution is -0.180. The van der Waals surface area contributed by atoms with Gasteiger partial charge < -0.3 is 33.5 Å². The molecule has 0 aliphatic heterocycles. The molecule has 7 nitrogen and oxygen atoms in total. The SMILES string of the molecule is CC(C)OC12CC3CC(CC(C3)C1)C2.CC(C)OCC12CC3CC(CC(C3)C1)C2.CCOC1CC2CC(O)C1C2.CCOC1CC2CCC1C2.CCOCC12CC3CC(CC(C3)C1)C2.CCOCC1C2CC3CC(C2)CC1C3. The molecule has 0 amide bonds. The first-order valence-corrected chi connectivity index (χ1v) is 35.0. The highest BCUT2D eigenvalue weighted by Gasteiger charge is 2.54. The predicted octanol–water partition coefficient (Wildman–Crippen LogP) is 16.7. The summed E-state index contributed by atoms with van der Waals surface area (Å²) in [6.45, 7) is 23.8. The molecule has 0 radical (unpaired) electrons. The molecule has 20 fully saturated rings. The van der Waals surface area contributed by atoms with Gasteiger partial charge in [-0.25, -0.2) is 0 Å². The molecule has 0 saturated heterocycles. The van der Waals surface area contributed by atoms with Gasteiger partial charge in [-0.3, -0.25) is 0 Å². The van der Waals surface area contributed by atoms with Crippen LogP contribution < -0.4 is 0 Å². The molecule has 0 aromatic heterocycles. The first-order valence-electron chi connectivity index (χ1n) is 35.0. The number of ether oxygens (including phenoxy) is 6. The Morgan fingerprint density at radius 3 is 1.21 bits per heavy atom. The van der Waals surface area contributed by atoms with Gasteiger partial charge in [0.2, 0.25) is 0 Å². The van der Waals surface area contributed by atoms with Crippen molar-refractivity contribution < 1.29 is 33.5 Å². The van der Waals surface area contributed by atoms with Crippen molar-refractivity contribution in [2.75, 3.05) is 46.2 Å². The van der Waals surface area contributed by atoms with Crippen LogP contribution in [0.4, 0.5) is 0 Å². The summed E-state index contributed by atoms with van der Waals surface area (Å²) in [5.41, 5.74) is 1.56. The summed E-state index contributed by atoms with van der Waals surface area (Å²) < 4.78 is 34.7. The quantitative estimate of drug-likeness (QED) is 0.175. The second-order valence-electron chi connectivity index (χ2n) is 32.3. The summed E-state index contributed by atoms with van der Waals surface area (Å²) in [4.78, 5) is 0. The lowest BCUT2D eigenvalue weighted by atomic mass is 9.50. The molecule has 1 N–H and O–H groups in total. The monoisotopic (exact) mass is 1090 g/mol. The van der Waals surface area contributed by atoms with Crippen LogP contribution in [-0.2, 0) is 28.4 Å². The Balaban J connectivity index is 0.0000000998. The lowest BCUT2D eigenvalue weighted by Crippen LogP contribution is -2.52. The van der Waals surface area contributed by atoms with Crippen LogP contribution in [0.1, 0.15) is 248 Å². The number of hydrogen-bond donors (Lipinski definition) is 1. The third-order valence-electron chi connectivity index (χ3n) is 25.2. The standard InChI is InChI=1S/C14H24O.3C13H22O.C9H16O2.C9H16O/c1-10(2)15-9-14-6-11-3-12(7-14)5-13(4-11)8-14;1-9(2)14-13-6-10-3-11(7-13)5-12(4-10)8-13;1-2-14-9-13-6-10-3-11(7-13)5-12(4-10)8-13;1-2-14-8-13-11-4-9-3-10(6-11)7-12(13)5-9;1-2-11-9-5-6-3-7(9)8(10)4-6;1-2-10-9-6-7-3-4-8(9)5-7/h10-13H,3-9H2,1-2H3;9-12H,3-8H2,1-2H3;10-12H,2-9H2,1H3;9-13H,2-8H2,1H3;6-10H,2-5H2,1H3;7-9H,2-6H2,1H3. The zero-order chi connectivity index (χ0) is 54.2. The Morgan fingerprint density at radius 1 is 0.385 bits per heavy atom. The topological polar surface area (TPSA) is 75.6 Å². The van der Waals surface area contributed by atoms with E-state index >= 15 is 0 Å². The molecule has 20 saturated carbocycles. The van der Waals surface area contributed by atoms with Crippen molar-refractivity contribution in [1.82, 2.24) is 0 Å². The Kier molecular flexibility index (Phi) is 19.9. The largest absolute Gasteiger partial charge is 0.393 e. The van der Waals surface area contributed by atoms with E-state index < -0.39 is 0 Å². The van der Waals surface area contributed by atoms with E-state index in [-0.39, 0.29) is 6.10 Å². The zero-order valence-electron chi connectivity index (χ0n) is 51.8. The van der Waals surface area contributed by atoms with E-state index in [9.17, 15) is 5.11 Å². The number of aliphatic hydroxyl groups excluding tert-OH is 1. The first-order chi connectivity index (χ1) is 37.7. The second kappa shape index (κ2) is 26.1. The van der Waals surface area contributed by atoms with Gasteiger partial charge in [0.1, 0.15) is 0 Å². The Morgan fingerprint density at radius 2 is 0.808 bits per heavy atom. The van der Waals surface area contributed by atoms with Gasteiger partial charge in [-0.15, -0.1) is 0 Å². The van der Waals surface area contributed by atoms with Gasteiger partial charge in [-0.2, -0.15) is 0 Å². The minimum atomic E-state index is -0.0645. The number of rotatable bonds is 15. The Labute approximate surface area is 479 Å². The molecule has 0 aromatic rings. The van der Waals surface area contributed by atoms with Gasteiger partial charge in [-0.05, 0) is 359 Å². The van der Waals surface area contributed by atoms with Crippen molar-refractivity contribution in [3.63, 3.8) is 0 Å². The molecule has 20 aliphatic rings. The maximum absolute atomic E-state index is 9.54. The van der Waals surface area contributed by atoms with E-state index in [1.54, 1.807) is 44.9 Å². The fourth-order valence-corrected chi connectivity index (χ4v) is 24.1. The molecule has 0 heterocycles. The number of aliphatic hydroxyl groups is 1. The average Bonchev–Trinajstić information content (AvgIpc) is 4.23. The van der Waals surface area contributed by atoms with Crippen LogP contribution in [-0.4, -0.2) is 87.5 Å². The van der Waals surface area contributed by atoms with Crippen molar-refractivity contribution in [3.05, 3.63) is 0 Å². The molecule has 20 aliphatic carbocycles. The van der Waals surface area contributed by atoms with Gasteiger partial charge >= 0.3 is 0 Å². The minimum Gasteiger partial charge on any atom is -0.393 e. The molecule has 0 aromatic carbocycles. The van der Waals surface area contributed by atoms with Crippen molar-refractivity contribution in [1.29, 1.82) is 0 Å². The number of hydrogen-bond acceptors (Lipinski definition) is 7. The van der Waals surface area contributed by atoms with Crippen molar-refractivity contribution >= 4 is 0 Å². The molecule has 448 valence electrons. The van der Waals surface area contributed by atoms with Gasteiger partial charge in [0.25, 0.3) is 0 Å². The maximum atomic E-state index is 9.54. The van der Waals surface area contributed by atoms with Crippen molar-refractivity contribution in [2.45, 2.75) is 284 Å². The van der Waals surface area contributed by atoms with Crippen LogP contribution in [0.15, 0.2) is 0 Å². The summed E-state index contributed by atoms with van der Waals surface area (Å²) in [5.74, 6) is 17.8. The summed E-state index contributed by atoms with van der Waals surface area (Å²) in [6, 6.07) is 0. The molecule has 0 spiro atoms. The van der Waals surface area contributed by atoms with E-state index in [1.165, 1.54) is 141 Å². The lowest BCUT2D eigenvalue weighted by Gasteiger charge is -2.56. The highest BCUT2D eigenvalue weighted by Crippen LogP contribution is 2.62. The smallest absolute Gasteiger partial charge is 0.0694 e. The van der Waals surface area contributed by atoms with Crippen LogP contribution in [0.2, 0.25) is 0 Å². The minimum absolute atomic E-state index is 0.0645. The third-order valence-corrected chi connectivity index (χ3v) is 25.2.